The Morgan fingerprint density at radius 1 is 1.29 bits per heavy atom. The van der Waals surface area contributed by atoms with Crippen LogP contribution in [0.3, 0.4) is 0 Å². The first-order valence-corrected chi connectivity index (χ1v) is 5.13. The number of rotatable bonds is 4. The zero-order valence-corrected chi connectivity index (χ0v) is 9.20. The molecule has 0 heterocycles. The van der Waals surface area contributed by atoms with Crippen molar-refractivity contribution in [3.63, 3.8) is 0 Å². The van der Waals surface area contributed by atoms with Gasteiger partial charge in [0, 0.05) is 10.8 Å². The molecule has 0 amide bonds. The van der Waals surface area contributed by atoms with Gasteiger partial charge in [-0.2, -0.15) is 13.2 Å². The standard InChI is InChI=1S/C11H12F3NO2/c1-2-8(7-15(16)17)9-3-5-10(6-4-9)11(12,13)14/h3-6,8H,2,7H2,1H3/t8-/m0/s1. The first-order valence-electron chi connectivity index (χ1n) is 5.13. The van der Waals surface area contributed by atoms with E-state index < -0.39 is 16.7 Å². The van der Waals surface area contributed by atoms with Gasteiger partial charge < -0.3 is 0 Å². The summed E-state index contributed by atoms with van der Waals surface area (Å²) in [4.78, 5) is 9.94. The molecule has 0 saturated carbocycles. The van der Waals surface area contributed by atoms with E-state index in [1.165, 1.54) is 12.1 Å². The van der Waals surface area contributed by atoms with E-state index in [1.54, 1.807) is 6.92 Å². The van der Waals surface area contributed by atoms with Crippen molar-refractivity contribution in [1.29, 1.82) is 0 Å². The fraction of sp³-hybridized carbons (Fsp3) is 0.455. The van der Waals surface area contributed by atoms with Gasteiger partial charge in [0.15, 0.2) is 0 Å². The minimum Gasteiger partial charge on any atom is -0.265 e. The van der Waals surface area contributed by atoms with Crippen LogP contribution in [0.2, 0.25) is 0 Å². The molecule has 0 aliphatic rings. The van der Waals surface area contributed by atoms with Crippen molar-refractivity contribution in [3.8, 4) is 0 Å². The highest BCUT2D eigenvalue weighted by atomic mass is 19.4. The van der Waals surface area contributed by atoms with E-state index in [0.717, 1.165) is 12.1 Å². The van der Waals surface area contributed by atoms with Crippen LogP contribution >= 0.6 is 0 Å². The van der Waals surface area contributed by atoms with Crippen molar-refractivity contribution in [1.82, 2.24) is 0 Å². The number of nitro groups is 1. The third kappa shape index (κ3) is 3.72. The SMILES string of the molecule is CC[C@@H](C[N+](=O)[O-])c1ccc(C(F)(F)F)cc1. The maximum atomic E-state index is 12.3. The van der Waals surface area contributed by atoms with E-state index in [1.807, 2.05) is 0 Å². The molecule has 1 aromatic carbocycles. The van der Waals surface area contributed by atoms with Crippen LogP contribution in [0.5, 0.6) is 0 Å². The average molecular weight is 247 g/mol. The highest BCUT2D eigenvalue weighted by molar-refractivity contribution is 5.27. The number of alkyl halides is 3. The number of hydrogen-bond acceptors (Lipinski definition) is 2. The van der Waals surface area contributed by atoms with Gasteiger partial charge in [0.2, 0.25) is 6.54 Å². The summed E-state index contributed by atoms with van der Waals surface area (Å²) in [6.07, 6.45) is -3.85. The Hall–Kier alpha value is -1.59. The van der Waals surface area contributed by atoms with Gasteiger partial charge in [-0.15, -0.1) is 0 Å². The molecular weight excluding hydrogens is 235 g/mol. The van der Waals surface area contributed by atoms with Gasteiger partial charge in [-0.05, 0) is 24.1 Å². The molecule has 1 atom stereocenters. The Balaban J connectivity index is 2.89. The minimum atomic E-state index is -4.37. The summed E-state index contributed by atoms with van der Waals surface area (Å²) in [6.45, 7) is 1.51. The Bertz CT molecular complexity index is 387. The summed E-state index contributed by atoms with van der Waals surface area (Å²) < 4.78 is 36.9. The predicted molar refractivity (Wildman–Crippen MR) is 56.3 cm³/mol. The van der Waals surface area contributed by atoms with Crippen LogP contribution in [-0.4, -0.2) is 11.5 Å². The molecule has 0 aliphatic heterocycles. The molecule has 0 saturated heterocycles. The second-order valence-electron chi connectivity index (χ2n) is 3.74. The quantitative estimate of drug-likeness (QED) is 0.604. The van der Waals surface area contributed by atoms with Gasteiger partial charge in [0.05, 0.1) is 5.56 Å². The zero-order chi connectivity index (χ0) is 13.1. The van der Waals surface area contributed by atoms with E-state index in [-0.39, 0.29) is 12.5 Å². The van der Waals surface area contributed by atoms with Crippen molar-refractivity contribution in [2.75, 3.05) is 6.54 Å². The summed E-state index contributed by atoms with van der Waals surface area (Å²) >= 11 is 0. The average Bonchev–Trinajstić information content (AvgIpc) is 2.24. The minimum absolute atomic E-state index is 0.262. The summed E-state index contributed by atoms with van der Waals surface area (Å²) in [6, 6.07) is 4.52. The van der Waals surface area contributed by atoms with Crippen LogP contribution in [-0.2, 0) is 6.18 Å². The number of benzene rings is 1. The lowest BCUT2D eigenvalue weighted by atomic mass is 9.95. The van der Waals surface area contributed by atoms with Crippen LogP contribution < -0.4 is 0 Å². The summed E-state index contributed by atoms with van der Waals surface area (Å²) in [7, 11) is 0. The Kier molecular flexibility index (Phi) is 4.09. The van der Waals surface area contributed by atoms with Crippen LogP contribution in [0, 0.1) is 10.1 Å². The first kappa shape index (κ1) is 13.5. The molecule has 17 heavy (non-hydrogen) atoms. The molecule has 0 unspecified atom stereocenters. The molecule has 1 rings (SSSR count). The van der Waals surface area contributed by atoms with Crippen LogP contribution in [0.15, 0.2) is 24.3 Å². The van der Waals surface area contributed by atoms with Crippen molar-refractivity contribution in [2.24, 2.45) is 0 Å². The zero-order valence-electron chi connectivity index (χ0n) is 9.20. The summed E-state index contributed by atoms with van der Waals surface area (Å²) in [5, 5.41) is 10.4. The first-order chi connectivity index (χ1) is 7.84. The highest BCUT2D eigenvalue weighted by Crippen LogP contribution is 2.30. The van der Waals surface area contributed by atoms with Crippen LogP contribution in [0.25, 0.3) is 0 Å². The van der Waals surface area contributed by atoms with E-state index in [0.29, 0.717) is 12.0 Å². The normalized spacial score (nSPS) is 13.4. The van der Waals surface area contributed by atoms with Crippen molar-refractivity contribution >= 4 is 0 Å². The molecule has 1 aromatic rings. The molecule has 0 aromatic heterocycles. The van der Waals surface area contributed by atoms with Crippen molar-refractivity contribution in [2.45, 2.75) is 25.4 Å². The number of hydrogen-bond donors (Lipinski definition) is 0. The molecule has 0 radical (unpaired) electrons. The summed E-state index contributed by atoms with van der Waals surface area (Å²) in [5.41, 5.74) is -0.172. The fourth-order valence-corrected chi connectivity index (χ4v) is 1.59. The van der Waals surface area contributed by atoms with Gasteiger partial charge in [0.1, 0.15) is 0 Å². The largest absolute Gasteiger partial charge is 0.416 e. The molecule has 0 spiro atoms. The maximum Gasteiger partial charge on any atom is 0.416 e. The molecule has 6 heteroatoms. The summed E-state index contributed by atoms with van der Waals surface area (Å²) in [5.74, 6) is -0.340. The van der Waals surface area contributed by atoms with Crippen LogP contribution in [0.1, 0.15) is 30.4 Å². The Morgan fingerprint density at radius 3 is 2.18 bits per heavy atom. The Morgan fingerprint density at radius 2 is 1.82 bits per heavy atom. The van der Waals surface area contributed by atoms with Crippen molar-refractivity contribution in [3.05, 3.63) is 45.5 Å². The number of halogens is 3. The van der Waals surface area contributed by atoms with Gasteiger partial charge in [-0.1, -0.05) is 19.1 Å². The third-order valence-electron chi connectivity index (χ3n) is 2.57. The Labute approximate surface area is 96.4 Å². The lowest BCUT2D eigenvalue weighted by Gasteiger charge is -2.12. The second kappa shape index (κ2) is 5.16. The smallest absolute Gasteiger partial charge is 0.265 e. The monoisotopic (exact) mass is 247 g/mol. The molecule has 94 valence electrons. The second-order valence-corrected chi connectivity index (χ2v) is 3.74. The molecular formula is C11H12F3NO2. The molecule has 3 nitrogen and oxygen atoms in total. The van der Waals surface area contributed by atoms with E-state index in [4.69, 9.17) is 0 Å². The topological polar surface area (TPSA) is 43.1 Å². The molecule has 0 aliphatic carbocycles. The predicted octanol–water partition coefficient (Wildman–Crippen LogP) is 3.48. The molecule has 0 N–H and O–H groups in total. The third-order valence-corrected chi connectivity index (χ3v) is 2.57. The van der Waals surface area contributed by atoms with E-state index in [9.17, 15) is 23.3 Å². The maximum absolute atomic E-state index is 12.3. The lowest BCUT2D eigenvalue weighted by molar-refractivity contribution is -0.483. The van der Waals surface area contributed by atoms with Crippen LogP contribution in [0.4, 0.5) is 13.2 Å². The molecule has 0 fully saturated rings. The van der Waals surface area contributed by atoms with Gasteiger partial charge >= 0.3 is 6.18 Å². The lowest BCUT2D eigenvalue weighted by Crippen LogP contribution is -2.12. The van der Waals surface area contributed by atoms with Gasteiger partial charge in [-0.3, -0.25) is 10.1 Å². The highest BCUT2D eigenvalue weighted by Gasteiger charge is 2.30. The van der Waals surface area contributed by atoms with Gasteiger partial charge in [-0.25, -0.2) is 0 Å². The van der Waals surface area contributed by atoms with Crippen molar-refractivity contribution < 1.29 is 18.1 Å². The number of nitrogens with zero attached hydrogens (tertiary/aromatic N) is 1. The van der Waals surface area contributed by atoms with E-state index >= 15 is 0 Å². The molecule has 0 bridgehead atoms. The fourth-order valence-electron chi connectivity index (χ4n) is 1.59. The van der Waals surface area contributed by atoms with Gasteiger partial charge in [0.25, 0.3) is 0 Å². The van der Waals surface area contributed by atoms with E-state index in [2.05, 4.69) is 0 Å².